The Hall–Kier alpha value is -2.82. The molecule has 0 aromatic heterocycles. The fourth-order valence-corrected chi connectivity index (χ4v) is 3.42. The van der Waals surface area contributed by atoms with Crippen molar-refractivity contribution in [3.63, 3.8) is 0 Å². The number of benzene rings is 2. The molecule has 2 aromatic carbocycles. The van der Waals surface area contributed by atoms with Gasteiger partial charge >= 0.3 is 0 Å². The summed E-state index contributed by atoms with van der Waals surface area (Å²) in [6.07, 6.45) is 0. The Morgan fingerprint density at radius 2 is 1.81 bits per heavy atom. The van der Waals surface area contributed by atoms with Crippen LogP contribution in [0, 0.1) is 13.8 Å². The zero-order valence-electron chi connectivity index (χ0n) is 16.1. The van der Waals surface area contributed by atoms with Crippen LogP contribution < -0.4 is 4.74 Å². The molecule has 0 spiro atoms. The van der Waals surface area contributed by atoms with Crippen molar-refractivity contribution < 1.29 is 14.3 Å². The van der Waals surface area contributed by atoms with Crippen LogP contribution in [0.2, 0.25) is 0 Å². The summed E-state index contributed by atoms with van der Waals surface area (Å²) in [5.74, 6) is 0.752. The number of hydrogen-bond donors (Lipinski definition) is 0. The van der Waals surface area contributed by atoms with Crippen molar-refractivity contribution in [3.8, 4) is 5.75 Å². The van der Waals surface area contributed by atoms with Gasteiger partial charge < -0.3 is 14.5 Å². The van der Waals surface area contributed by atoms with Crippen LogP contribution in [0.3, 0.4) is 0 Å². The highest BCUT2D eigenvalue weighted by Crippen LogP contribution is 2.19. The third-order valence-corrected chi connectivity index (χ3v) is 4.92. The zero-order chi connectivity index (χ0) is 19.4. The van der Waals surface area contributed by atoms with Crippen LogP contribution in [0.25, 0.3) is 0 Å². The molecular formula is C22H26N2O3. The van der Waals surface area contributed by atoms with E-state index in [1.54, 1.807) is 16.7 Å². The molecule has 1 aliphatic heterocycles. The Morgan fingerprint density at radius 3 is 2.52 bits per heavy atom. The average Bonchev–Trinajstić information content (AvgIpc) is 2.65. The van der Waals surface area contributed by atoms with Crippen LogP contribution in [-0.4, -0.2) is 47.4 Å². The van der Waals surface area contributed by atoms with E-state index in [2.05, 4.69) is 6.07 Å². The van der Waals surface area contributed by atoms with Crippen molar-refractivity contribution in [3.05, 3.63) is 65.2 Å². The van der Waals surface area contributed by atoms with Gasteiger partial charge in [-0.2, -0.15) is 0 Å². The van der Waals surface area contributed by atoms with E-state index in [9.17, 15) is 9.59 Å². The predicted octanol–water partition coefficient (Wildman–Crippen LogP) is 2.94. The van der Waals surface area contributed by atoms with E-state index in [1.807, 2.05) is 56.3 Å². The van der Waals surface area contributed by atoms with Crippen LogP contribution in [0.4, 0.5) is 0 Å². The highest BCUT2D eigenvalue weighted by atomic mass is 16.5. The molecule has 3 rings (SSSR count). The number of amides is 2. The summed E-state index contributed by atoms with van der Waals surface area (Å²) in [4.78, 5) is 28.5. The SMILES string of the molecule is Cc1ccc(OCCN2C(=O)CN(Cc3ccccc3)C(=O)[C@@H]2C)c(C)c1. The molecule has 0 saturated carbocycles. The Labute approximate surface area is 160 Å². The fourth-order valence-electron chi connectivity index (χ4n) is 3.42. The Morgan fingerprint density at radius 1 is 1.07 bits per heavy atom. The lowest BCUT2D eigenvalue weighted by Gasteiger charge is -2.38. The molecule has 0 radical (unpaired) electrons. The molecule has 1 saturated heterocycles. The monoisotopic (exact) mass is 366 g/mol. The summed E-state index contributed by atoms with van der Waals surface area (Å²) in [7, 11) is 0. The number of hydrogen-bond acceptors (Lipinski definition) is 3. The molecule has 0 unspecified atom stereocenters. The molecule has 0 N–H and O–H groups in total. The lowest BCUT2D eigenvalue weighted by atomic mass is 10.1. The fraction of sp³-hybridized carbons (Fsp3) is 0.364. The van der Waals surface area contributed by atoms with E-state index >= 15 is 0 Å². The van der Waals surface area contributed by atoms with Gasteiger partial charge in [0.25, 0.3) is 0 Å². The standard InChI is InChI=1S/C22H26N2O3/c1-16-9-10-20(17(2)13-16)27-12-11-24-18(3)22(26)23(15-21(24)25)14-19-7-5-4-6-8-19/h4-10,13,18H,11-12,14-15H2,1-3H3/t18-/m0/s1. The summed E-state index contributed by atoms with van der Waals surface area (Å²) in [6, 6.07) is 15.3. The largest absolute Gasteiger partial charge is 0.491 e. The van der Waals surface area contributed by atoms with E-state index in [1.165, 1.54) is 5.56 Å². The first kappa shape index (κ1) is 19.0. The van der Waals surface area contributed by atoms with E-state index in [0.717, 1.165) is 16.9 Å². The molecule has 142 valence electrons. The van der Waals surface area contributed by atoms with Gasteiger partial charge in [-0.3, -0.25) is 9.59 Å². The van der Waals surface area contributed by atoms with E-state index in [0.29, 0.717) is 19.7 Å². The molecule has 0 bridgehead atoms. The molecule has 5 heteroatoms. The van der Waals surface area contributed by atoms with E-state index in [4.69, 9.17) is 4.74 Å². The summed E-state index contributed by atoms with van der Waals surface area (Å²) in [6.45, 7) is 7.17. The van der Waals surface area contributed by atoms with Crippen LogP contribution in [0.1, 0.15) is 23.6 Å². The van der Waals surface area contributed by atoms with Gasteiger partial charge in [0, 0.05) is 6.54 Å². The van der Waals surface area contributed by atoms with E-state index < -0.39 is 6.04 Å². The minimum atomic E-state index is -0.474. The maximum atomic E-state index is 12.7. The smallest absolute Gasteiger partial charge is 0.245 e. The topological polar surface area (TPSA) is 49.9 Å². The molecule has 1 atom stereocenters. The second kappa shape index (κ2) is 8.25. The van der Waals surface area contributed by atoms with Gasteiger partial charge in [-0.1, -0.05) is 48.0 Å². The van der Waals surface area contributed by atoms with Gasteiger partial charge in [-0.25, -0.2) is 0 Å². The second-order valence-corrected chi connectivity index (χ2v) is 7.06. The lowest BCUT2D eigenvalue weighted by molar-refractivity contribution is -0.155. The molecular weight excluding hydrogens is 340 g/mol. The number of rotatable bonds is 6. The molecule has 2 aromatic rings. The number of nitrogens with zero attached hydrogens (tertiary/aromatic N) is 2. The van der Waals surface area contributed by atoms with Crippen molar-refractivity contribution in [2.24, 2.45) is 0 Å². The number of ether oxygens (including phenoxy) is 1. The van der Waals surface area contributed by atoms with Crippen molar-refractivity contribution >= 4 is 11.8 Å². The first-order chi connectivity index (χ1) is 13.0. The first-order valence-corrected chi connectivity index (χ1v) is 9.28. The van der Waals surface area contributed by atoms with E-state index in [-0.39, 0.29) is 18.4 Å². The number of piperazine rings is 1. The molecule has 1 aliphatic rings. The minimum Gasteiger partial charge on any atom is -0.491 e. The van der Waals surface area contributed by atoms with Crippen LogP contribution in [0.15, 0.2) is 48.5 Å². The third-order valence-electron chi connectivity index (χ3n) is 4.92. The van der Waals surface area contributed by atoms with Crippen LogP contribution >= 0.6 is 0 Å². The lowest BCUT2D eigenvalue weighted by Crippen LogP contribution is -2.59. The van der Waals surface area contributed by atoms with Crippen LogP contribution in [-0.2, 0) is 16.1 Å². The average molecular weight is 366 g/mol. The Balaban J connectivity index is 1.58. The van der Waals surface area contributed by atoms with Gasteiger partial charge in [0.15, 0.2) is 0 Å². The maximum Gasteiger partial charge on any atom is 0.245 e. The number of aryl methyl sites for hydroxylation is 2. The first-order valence-electron chi connectivity index (χ1n) is 9.28. The summed E-state index contributed by atoms with van der Waals surface area (Å²) < 4.78 is 5.83. The summed E-state index contributed by atoms with van der Waals surface area (Å²) in [5, 5.41) is 0. The van der Waals surface area contributed by atoms with Crippen molar-refractivity contribution in [1.82, 2.24) is 9.80 Å². The zero-order valence-corrected chi connectivity index (χ0v) is 16.1. The highest BCUT2D eigenvalue weighted by molar-refractivity contribution is 5.94. The molecule has 0 aliphatic carbocycles. The quantitative estimate of drug-likeness (QED) is 0.790. The molecule has 27 heavy (non-hydrogen) atoms. The van der Waals surface area contributed by atoms with Crippen LogP contribution in [0.5, 0.6) is 5.75 Å². The molecule has 1 fully saturated rings. The highest BCUT2D eigenvalue weighted by Gasteiger charge is 2.36. The van der Waals surface area contributed by atoms with Gasteiger partial charge in [-0.15, -0.1) is 0 Å². The molecule has 5 nitrogen and oxygen atoms in total. The van der Waals surface area contributed by atoms with Gasteiger partial charge in [0.2, 0.25) is 11.8 Å². The number of carbonyl (C=O) groups is 2. The maximum absolute atomic E-state index is 12.7. The third kappa shape index (κ3) is 4.48. The normalized spacial score (nSPS) is 17.4. The second-order valence-electron chi connectivity index (χ2n) is 7.06. The van der Waals surface area contributed by atoms with Gasteiger partial charge in [-0.05, 0) is 38.0 Å². The predicted molar refractivity (Wildman–Crippen MR) is 104 cm³/mol. The summed E-state index contributed by atoms with van der Waals surface area (Å²) >= 11 is 0. The number of carbonyl (C=O) groups excluding carboxylic acids is 2. The van der Waals surface area contributed by atoms with Gasteiger partial charge in [0.1, 0.15) is 24.9 Å². The van der Waals surface area contributed by atoms with Gasteiger partial charge in [0.05, 0.1) is 6.54 Å². The molecule has 2 amide bonds. The summed E-state index contributed by atoms with van der Waals surface area (Å²) in [5.41, 5.74) is 3.28. The Kier molecular flexibility index (Phi) is 5.79. The Bertz CT molecular complexity index is 820. The van der Waals surface area contributed by atoms with Crippen molar-refractivity contribution in [2.75, 3.05) is 19.7 Å². The van der Waals surface area contributed by atoms with Crippen molar-refractivity contribution in [1.29, 1.82) is 0 Å². The van der Waals surface area contributed by atoms with Crippen molar-refractivity contribution in [2.45, 2.75) is 33.4 Å². The minimum absolute atomic E-state index is 0.0232. The molecule has 1 heterocycles.